The first kappa shape index (κ1) is 16.0. The van der Waals surface area contributed by atoms with Crippen LogP contribution < -0.4 is 0 Å². The van der Waals surface area contributed by atoms with Gasteiger partial charge in [0, 0.05) is 3.57 Å². The Kier molecular flexibility index (Phi) is 4.59. The average Bonchev–Trinajstić information content (AvgIpc) is 2.57. The second-order valence-electron chi connectivity index (χ2n) is 5.88. The van der Waals surface area contributed by atoms with Gasteiger partial charge in [-0.05, 0) is 65.3 Å². The van der Waals surface area contributed by atoms with Gasteiger partial charge < -0.3 is 0 Å². The highest BCUT2D eigenvalue weighted by Gasteiger charge is 2.46. The van der Waals surface area contributed by atoms with Gasteiger partial charge in [-0.15, -0.1) is 0 Å². The minimum absolute atomic E-state index is 0.440. The zero-order valence-electron chi connectivity index (χ0n) is 12.3. The van der Waals surface area contributed by atoms with Crippen LogP contribution in [0, 0.1) is 3.57 Å². The van der Waals surface area contributed by atoms with Gasteiger partial charge in [-0.2, -0.15) is 0 Å². The molecule has 22 heavy (non-hydrogen) atoms. The monoisotopic (exact) mass is 426 g/mol. The first-order valence-electron chi connectivity index (χ1n) is 7.62. The third-order valence-electron chi connectivity index (χ3n) is 4.60. The number of hydrogen-bond acceptors (Lipinski definition) is 2. The zero-order valence-corrected chi connectivity index (χ0v) is 15.3. The van der Waals surface area contributed by atoms with Crippen molar-refractivity contribution in [3.63, 3.8) is 0 Å². The second kappa shape index (κ2) is 6.32. The highest BCUT2D eigenvalue weighted by atomic mass is 127. The van der Waals surface area contributed by atoms with E-state index in [9.17, 15) is 8.42 Å². The molecule has 0 amide bonds. The number of benzene rings is 2. The van der Waals surface area contributed by atoms with Crippen molar-refractivity contribution in [2.24, 2.45) is 0 Å². The molecule has 116 valence electrons. The molecule has 1 aliphatic carbocycles. The van der Waals surface area contributed by atoms with E-state index >= 15 is 0 Å². The van der Waals surface area contributed by atoms with Crippen LogP contribution in [0.25, 0.3) is 0 Å². The van der Waals surface area contributed by atoms with Crippen molar-refractivity contribution in [1.82, 2.24) is 0 Å². The fourth-order valence-electron chi connectivity index (χ4n) is 3.41. The Morgan fingerprint density at radius 2 is 1.41 bits per heavy atom. The average molecular weight is 426 g/mol. The first-order chi connectivity index (χ1) is 10.6. The summed E-state index contributed by atoms with van der Waals surface area (Å²) in [6.07, 6.45) is 4.49. The molecule has 3 rings (SSSR count). The summed E-state index contributed by atoms with van der Waals surface area (Å²) in [6.45, 7) is 0. The van der Waals surface area contributed by atoms with Gasteiger partial charge in [0.15, 0.2) is 9.84 Å². The van der Waals surface area contributed by atoms with Crippen molar-refractivity contribution in [2.75, 3.05) is 0 Å². The van der Waals surface area contributed by atoms with Gasteiger partial charge in [-0.3, -0.25) is 0 Å². The molecule has 0 spiro atoms. The van der Waals surface area contributed by atoms with Crippen LogP contribution >= 0.6 is 22.6 Å². The van der Waals surface area contributed by atoms with E-state index in [1.54, 1.807) is 24.3 Å². The summed E-state index contributed by atoms with van der Waals surface area (Å²) < 4.78 is 27.1. The molecule has 4 heteroatoms. The molecular formula is C18H19IO2S. The maximum atomic E-state index is 13.4. The molecule has 0 unspecified atom stereocenters. The predicted octanol–water partition coefficient (Wildman–Crippen LogP) is 4.92. The van der Waals surface area contributed by atoms with Crippen molar-refractivity contribution in [3.8, 4) is 0 Å². The van der Waals surface area contributed by atoms with Crippen LogP contribution in [0.5, 0.6) is 0 Å². The molecule has 0 aliphatic heterocycles. The lowest BCUT2D eigenvalue weighted by Crippen LogP contribution is -2.38. The van der Waals surface area contributed by atoms with Gasteiger partial charge in [-0.1, -0.05) is 49.6 Å². The Morgan fingerprint density at radius 3 is 2.00 bits per heavy atom. The Bertz CT molecular complexity index is 730. The molecule has 1 saturated carbocycles. The van der Waals surface area contributed by atoms with Crippen molar-refractivity contribution in [3.05, 3.63) is 63.7 Å². The summed E-state index contributed by atoms with van der Waals surface area (Å²) in [7, 11) is -3.39. The third-order valence-corrected chi connectivity index (χ3v) is 7.88. The van der Waals surface area contributed by atoms with E-state index in [2.05, 4.69) is 22.6 Å². The van der Waals surface area contributed by atoms with Gasteiger partial charge in [0.05, 0.1) is 4.90 Å². The first-order valence-corrected chi connectivity index (χ1v) is 10.2. The van der Waals surface area contributed by atoms with Crippen LogP contribution in [-0.2, 0) is 14.6 Å². The molecule has 0 aromatic heterocycles. The Hall–Kier alpha value is -0.880. The molecule has 0 bridgehead atoms. The van der Waals surface area contributed by atoms with Crippen molar-refractivity contribution in [2.45, 2.75) is 41.7 Å². The lowest BCUT2D eigenvalue weighted by atomic mass is 9.83. The van der Waals surface area contributed by atoms with Gasteiger partial charge in [0.25, 0.3) is 0 Å². The highest BCUT2D eigenvalue weighted by Crippen LogP contribution is 2.46. The molecule has 2 aromatic rings. The van der Waals surface area contributed by atoms with E-state index < -0.39 is 14.6 Å². The summed E-state index contributed by atoms with van der Waals surface area (Å²) in [4.78, 5) is 0.440. The lowest BCUT2D eigenvalue weighted by molar-refractivity contribution is 0.380. The molecular weight excluding hydrogens is 407 g/mol. The predicted molar refractivity (Wildman–Crippen MR) is 97.5 cm³/mol. The molecule has 1 aliphatic rings. The van der Waals surface area contributed by atoms with Crippen LogP contribution in [0.1, 0.15) is 37.7 Å². The molecule has 2 nitrogen and oxygen atoms in total. The summed E-state index contributed by atoms with van der Waals surface area (Å²) in [5, 5.41) is 0. The Morgan fingerprint density at radius 1 is 0.818 bits per heavy atom. The van der Waals surface area contributed by atoms with Crippen molar-refractivity contribution < 1.29 is 8.42 Å². The van der Waals surface area contributed by atoms with Crippen LogP contribution in [0.15, 0.2) is 59.5 Å². The maximum absolute atomic E-state index is 13.4. The number of halogens is 1. The Balaban J connectivity index is 2.16. The van der Waals surface area contributed by atoms with E-state index in [1.165, 1.54) is 0 Å². The maximum Gasteiger partial charge on any atom is 0.188 e. The second-order valence-corrected chi connectivity index (χ2v) is 9.38. The van der Waals surface area contributed by atoms with Crippen molar-refractivity contribution in [1.29, 1.82) is 0 Å². The molecule has 0 atom stereocenters. The Labute approximate surface area is 146 Å². The molecule has 1 fully saturated rings. The summed E-state index contributed by atoms with van der Waals surface area (Å²) in [5.41, 5.74) is 0.941. The highest BCUT2D eigenvalue weighted by molar-refractivity contribution is 14.1. The van der Waals surface area contributed by atoms with E-state index in [-0.39, 0.29) is 0 Å². The summed E-state index contributed by atoms with van der Waals surface area (Å²) in [5.74, 6) is 0. The zero-order chi connectivity index (χ0) is 15.6. The van der Waals surface area contributed by atoms with Gasteiger partial charge in [0.2, 0.25) is 0 Å². The van der Waals surface area contributed by atoms with Gasteiger partial charge in [-0.25, -0.2) is 8.42 Å². The van der Waals surface area contributed by atoms with Crippen LogP contribution in [0.3, 0.4) is 0 Å². The number of sulfone groups is 1. The molecule has 2 aromatic carbocycles. The van der Waals surface area contributed by atoms with Crippen LogP contribution in [0.2, 0.25) is 0 Å². The van der Waals surface area contributed by atoms with E-state index in [4.69, 9.17) is 0 Å². The normalized spacial score (nSPS) is 18.0. The SMILES string of the molecule is O=S(=O)(c1ccccc1)C1(c2ccc(I)cc2)CCCCC1. The lowest BCUT2D eigenvalue weighted by Gasteiger charge is -2.37. The van der Waals surface area contributed by atoms with E-state index in [0.29, 0.717) is 17.7 Å². The fraction of sp³-hybridized carbons (Fsp3) is 0.333. The van der Waals surface area contributed by atoms with Gasteiger partial charge >= 0.3 is 0 Å². The minimum Gasteiger partial charge on any atom is -0.223 e. The molecule has 0 radical (unpaired) electrons. The molecule has 0 heterocycles. The largest absolute Gasteiger partial charge is 0.223 e. The molecule has 0 saturated heterocycles. The standard InChI is InChI=1S/C18H19IO2S/c19-16-11-9-15(10-12-16)18(13-5-2-6-14-18)22(20,21)17-7-3-1-4-8-17/h1,3-4,7-12H,2,5-6,13-14H2. The van der Waals surface area contributed by atoms with Crippen LogP contribution in [0.4, 0.5) is 0 Å². The van der Waals surface area contributed by atoms with Crippen LogP contribution in [-0.4, -0.2) is 8.42 Å². The number of rotatable bonds is 3. The van der Waals surface area contributed by atoms with E-state index in [0.717, 1.165) is 28.4 Å². The quantitative estimate of drug-likeness (QED) is 0.653. The topological polar surface area (TPSA) is 34.1 Å². The number of hydrogen-bond donors (Lipinski definition) is 0. The third kappa shape index (κ3) is 2.71. The van der Waals surface area contributed by atoms with E-state index in [1.807, 2.05) is 30.3 Å². The smallest absolute Gasteiger partial charge is 0.188 e. The van der Waals surface area contributed by atoms with Gasteiger partial charge in [0.1, 0.15) is 4.75 Å². The molecule has 0 N–H and O–H groups in total. The summed E-state index contributed by atoms with van der Waals surface area (Å²) >= 11 is 2.26. The summed E-state index contributed by atoms with van der Waals surface area (Å²) in [6, 6.07) is 16.9. The van der Waals surface area contributed by atoms with Crippen molar-refractivity contribution >= 4 is 32.4 Å². The minimum atomic E-state index is -3.39. The fourth-order valence-corrected chi connectivity index (χ4v) is 6.01.